The Morgan fingerprint density at radius 2 is 2.17 bits per heavy atom. The van der Waals surface area contributed by atoms with Crippen molar-refractivity contribution in [3.05, 3.63) is 27.5 Å². The smallest absolute Gasteiger partial charge is 0.251 e. The summed E-state index contributed by atoms with van der Waals surface area (Å²) < 4.78 is 0.417. The van der Waals surface area contributed by atoms with Crippen LogP contribution in [0.2, 0.25) is 0 Å². The molecule has 64 valence electrons. The van der Waals surface area contributed by atoms with Gasteiger partial charge in [-0.25, -0.2) is 0 Å². The topological polar surface area (TPSA) is 58.9 Å². The molecule has 0 saturated carbocycles. The Bertz CT molecular complexity index is 381. The lowest BCUT2D eigenvalue weighted by Gasteiger charge is -2.02. The first-order valence-electron chi connectivity index (χ1n) is 3.52. The third-order valence-corrected chi connectivity index (χ3v) is 1.92. The number of aromatic nitrogens is 1. The molecule has 0 spiro atoms. The summed E-state index contributed by atoms with van der Waals surface area (Å²) in [5, 5.41) is 0. The maximum atomic E-state index is 10.9. The first kappa shape index (κ1) is 8.93. The fourth-order valence-electron chi connectivity index (χ4n) is 1.16. The van der Waals surface area contributed by atoms with Crippen LogP contribution in [0.1, 0.15) is 21.6 Å². The number of carbonyl (C=O) groups excluding carboxylic acids is 1. The molecule has 1 amide bonds. The molecule has 3 nitrogen and oxygen atoms in total. The van der Waals surface area contributed by atoms with Crippen molar-refractivity contribution in [1.82, 2.24) is 4.98 Å². The molecule has 0 aliphatic carbocycles. The minimum absolute atomic E-state index is 0.413. The quantitative estimate of drug-likeness (QED) is 0.646. The van der Waals surface area contributed by atoms with E-state index in [-0.39, 0.29) is 0 Å². The average Bonchev–Trinajstić information content (AvgIpc) is 1.82. The first-order chi connectivity index (χ1) is 5.52. The Morgan fingerprint density at radius 1 is 1.58 bits per heavy atom. The summed E-state index contributed by atoms with van der Waals surface area (Å²) in [6, 6.07) is 1.84. The summed E-state index contributed by atoms with van der Waals surface area (Å²) >= 11 is 4.95. The standard InChI is InChI=1S/C8H10N2OS/c1-4-3-5(2)10-8(12)6(4)7(9)11/h3H,1-2H3,(H2,9,11)(H,10,12). The molecule has 1 aromatic heterocycles. The van der Waals surface area contributed by atoms with Crippen LogP contribution in [0.15, 0.2) is 6.07 Å². The highest BCUT2D eigenvalue weighted by Gasteiger charge is 2.06. The van der Waals surface area contributed by atoms with Crippen LogP contribution in [0.3, 0.4) is 0 Å². The zero-order chi connectivity index (χ0) is 9.30. The minimum Gasteiger partial charge on any atom is -0.365 e. The summed E-state index contributed by atoms with van der Waals surface area (Å²) in [6.45, 7) is 3.70. The van der Waals surface area contributed by atoms with Gasteiger partial charge in [-0.1, -0.05) is 12.2 Å². The minimum atomic E-state index is -0.478. The Balaban J connectivity index is 3.49. The van der Waals surface area contributed by atoms with Gasteiger partial charge in [0, 0.05) is 5.69 Å². The lowest BCUT2D eigenvalue weighted by Crippen LogP contribution is -2.14. The lowest BCUT2D eigenvalue weighted by atomic mass is 10.1. The lowest BCUT2D eigenvalue weighted by molar-refractivity contribution is 0.0999. The summed E-state index contributed by atoms with van der Waals surface area (Å²) in [5.74, 6) is -0.478. The van der Waals surface area contributed by atoms with Gasteiger partial charge < -0.3 is 10.7 Å². The van der Waals surface area contributed by atoms with Crippen molar-refractivity contribution in [3.63, 3.8) is 0 Å². The van der Waals surface area contributed by atoms with Crippen LogP contribution in [0.25, 0.3) is 0 Å². The zero-order valence-corrected chi connectivity index (χ0v) is 7.79. The molecule has 1 heterocycles. The first-order valence-corrected chi connectivity index (χ1v) is 3.93. The molecule has 4 heteroatoms. The van der Waals surface area contributed by atoms with Crippen LogP contribution >= 0.6 is 12.2 Å². The number of carbonyl (C=O) groups is 1. The van der Waals surface area contributed by atoms with Crippen LogP contribution in [0.5, 0.6) is 0 Å². The number of aromatic amines is 1. The number of aryl methyl sites for hydroxylation is 2. The summed E-state index contributed by atoms with van der Waals surface area (Å²) in [7, 11) is 0. The second kappa shape index (κ2) is 3.06. The number of pyridine rings is 1. The van der Waals surface area contributed by atoms with E-state index in [4.69, 9.17) is 18.0 Å². The van der Waals surface area contributed by atoms with E-state index in [0.29, 0.717) is 10.2 Å². The second-order valence-electron chi connectivity index (χ2n) is 2.70. The zero-order valence-electron chi connectivity index (χ0n) is 6.97. The molecule has 0 fully saturated rings. The van der Waals surface area contributed by atoms with Crippen molar-refractivity contribution < 1.29 is 4.79 Å². The van der Waals surface area contributed by atoms with Gasteiger partial charge >= 0.3 is 0 Å². The van der Waals surface area contributed by atoms with E-state index in [1.807, 2.05) is 19.9 Å². The Hall–Kier alpha value is -1.16. The Kier molecular flexibility index (Phi) is 2.28. The van der Waals surface area contributed by atoms with Gasteiger partial charge in [0.1, 0.15) is 4.64 Å². The SMILES string of the molecule is Cc1cc(C)c(C(N)=O)c(=S)[nH]1. The van der Waals surface area contributed by atoms with Crippen LogP contribution < -0.4 is 5.73 Å². The third-order valence-electron chi connectivity index (χ3n) is 1.61. The van der Waals surface area contributed by atoms with E-state index < -0.39 is 5.91 Å². The van der Waals surface area contributed by atoms with Crippen molar-refractivity contribution in [2.24, 2.45) is 5.73 Å². The number of hydrogen-bond donors (Lipinski definition) is 2. The molecule has 0 aliphatic heterocycles. The number of nitrogens with one attached hydrogen (secondary N) is 1. The van der Waals surface area contributed by atoms with E-state index in [1.54, 1.807) is 0 Å². The monoisotopic (exact) mass is 182 g/mol. The van der Waals surface area contributed by atoms with Crippen LogP contribution in [0, 0.1) is 18.5 Å². The Labute approximate surface area is 75.6 Å². The fraction of sp³-hybridized carbons (Fsp3) is 0.250. The number of H-pyrrole nitrogens is 1. The highest BCUT2D eigenvalue weighted by Crippen LogP contribution is 2.08. The molecule has 1 aromatic rings. The molecule has 3 N–H and O–H groups in total. The number of hydrogen-bond acceptors (Lipinski definition) is 2. The van der Waals surface area contributed by atoms with E-state index in [9.17, 15) is 4.79 Å². The molecule has 0 unspecified atom stereocenters. The molecule has 0 aromatic carbocycles. The van der Waals surface area contributed by atoms with Gasteiger partial charge in [0.05, 0.1) is 5.56 Å². The van der Waals surface area contributed by atoms with Gasteiger partial charge in [0.15, 0.2) is 0 Å². The van der Waals surface area contributed by atoms with E-state index in [0.717, 1.165) is 11.3 Å². The maximum Gasteiger partial charge on any atom is 0.251 e. The van der Waals surface area contributed by atoms with Crippen LogP contribution in [0.4, 0.5) is 0 Å². The molecule has 0 aliphatic rings. The molecular formula is C8H10N2OS. The number of nitrogens with two attached hydrogens (primary N) is 1. The third kappa shape index (κ3) is 1.53. The molecule has 0 saturated heterocycles. The Morgan fingerprint density at radius 3 is 2.58 bits per heavy atom. The van der Waals surface area contributed by atoms with Crippen molar-refractivity contribution in [2.75, 3.05) is 0 Å². The fourth-order valence-corrected chi connectivity index (χ4v) is 1.58. The van der Waals surface area contributed by atoms with Crippen LogP contribution in [-0.2, 0) is 0 Å². The van der Waals surface area contributed by atoms with Gasteiger partial charge in [-0.05, 0) is 25.5 Å². The number of primary amides is 1. The summed E-state index contributed by atoms with van der Waals surface area (Å²) in [6.07, 6.45) is 0. The van der Waals surface area contributed by atoms with Gasteiger partial charge in [0.2, 0.25) is 0 Å². The van der Waals surface area contributed by atoms with Gasteiger partial charge in [-0.2, -0.15) is 0 Å². The van der Waals surface area contributed by atoms with Gasteiger partial charge in [0.25, 0.3) is 5.91 Å². The molecule has 0 bridgehead atoms. The summed E-state index contributed by atoms with van der Waals surface area (Å²) in [4.78, 5) is 13.8. The van der Waals surface area contributed by atoms with Crippen molar-refractivity contribution >= 4 is 18.1 Å². The van der Waals surface area contributed by atoms with Crippen LogP contribution in [-0.4, -0.2) is 10.9 Å². The maximum absolute atomic E-state index is 10.9. The van der Waals surface area contributed by atoms with Crippen molar-refractivity contribution in [2.45, 2.75) is 13.8 Å². The molecule has 1 rings (SSSR count). The molecule has 12 heavy (non-hydrogen) atoms. The second-order valence-corrected chi connectivity index (χ2v) is 3.11. The average molecular weight is 182 g/mol. The number of amides is 1. The van der Waals surface area contributed by atoms with Crippen molar-refractivity contribution in [3.8, 4) is 0 Å². The van der Waals surface area contributed by atoms with E-state index >= 15 is 0 Å². The summed E-state index contributed by atoms with van der Waals surface area (Å²) in [5.41, 5.74) is 7.31. The van der Waals surface area contributed by atoms with E-state index in [2.05, 4.69) is 4.98 Å². The van der Waals surface area contributed by atoms with Gasteiger partial charge in [-0.15, -0.1) is 0 Å². The highest BCUT2D eigenvalue weighted by atomic mass is 32.1. The molecular weight excluding hydrogens is 172 g/mol. The largest absolute Gasteiger partial charge is 0.365 e. The van der Waals surface area contributed by atoms with Gasteiger partial charge in [-0.3, -0.25) is 4.79 Å². The predicted molar refractivity (Wildman–Crippen MR) is 49.6 cm³/mol. The molecule has 0 atom stereocenters. The normalized spacial score (nSPS) is 9.83. The highest BCUT2D eigenvalue weighted by molar-refractivity contribution is 7.71. The number of rotatable bonds is 1. The van der Waals surface area contributed by atoms with Crippen molar-refractivity contribution in [1.29, 1.82) is 0 Å². The van der Waals surface area contributed by atoms with E-state index in [1.165, 1.54) is 0 Å². The predicted octanol–water partition coefficient (Wildman–Crippen LogP) is 1.46. The molecule has 0 radical (unpaired) electrons.